The summed E-state index contributed by atoms with van der Waals surface area (Å²) in [6, 6.07) is 12.5. The first kappa shape index (κ1) is 23.2. The van der Waals surface area contributed by atoms with E-state index in [1.54, 1.807) is 25.7 Å². The molecule has 9 heteroatoms. The molecule has 3 aromatic rings. The van der Waals surface area contributed by atoms with E-state index in [1.165, 1.54) is 18.4 Å². The van der Waals surface area contributed by atoms with Crippen LogP contribution in [0, 0.1) is 5.92 Å². The summed E-state index contributed by atoms with van der Waals surface area (Å²) in [6.07, 6.45) is 7.51. The summed E-state index contributed by atoms with van der Waals surface area (Å²) < 4.78 is 5.07. The predicted molar refractivity (Wildman–Crippen MR) is 136 cm³/mol. The zero-order valence-electron chi connectivity index (χ0n) is 20.3. The monoisotopic (exact) mass is 473 g/mol. The Labute approximate surface area is 205 Å². The molecule has 1 saturated carbocycles. The zero-order chi connectivity index (χ0) is 24.4. The normalized spacial score (nSPS) is 19.6. The highest BCUT2D eigenvalue weighted by Gasteiger charge is 2.52. The van der Waals surface area contributed by atoms with Crippen LogP contribution in [-0.2, 0) is 15.0 Å². The summed E-state index contributed by atoms with van der Waals surface area (Å²) in [5.74, 6) is 2.20. The Balaban J connectivity index is 1.39. The minimum absolute atomic E-state index is 0.143. The SMILES string of the molecule is COCCNc1ccc(C2=NC(C(C)(c3ccc(-c4cnc(N)nc4)cc3)C3CC3)N(C)O2)cn1. The molecule has 0 amide bonds. The molecule has 0 saturated heterocycles. The third-order valence-electron chi connectivity index (χ3n) is 6.91. The smallest absolute Gasteiger partial charge is 0.244 e. The van der Waals surface area contributed by atoms with Gasteiger partial charge in [-0.05, 0) is 42.0 Å². The van der Waals surface area contributed by atoms with E-state index < -0.39 is 0 Å². The van der Waals surface area contributed by atoms with Gasteiger partial charge in [0.25, 0.3) is 0 Å². The predicted octanol–water partition coefficient (Wildman–Crippen LogP) is 3.50. The third-order valence-corrected chi connectivity index (χ3v) is 6.91. The van der Waals surface area contributed by atoms with Gasteiger partial charge >= 0.3 is 0 Å². The van der Waals surface area contributed by atoms with Gasteiger partial charge in [-0.1, -0.05) is 31.2 Å². The quantitative estimate of drug-likeness (QED) is 0.455. The molecular formula is C26H31N7O2. The Kier molecular flexibility index (Phi) is 6.36. The van der Waals surface area contributed by atoms with Crippen molar-refractivity contribution in [1.82, 2.24) is 20.0 Å². The second kappa shape index (κ2) is 9.59. The van der Waals surface area contributed by atoms with Crippen LogP contribution in [-0.4, -0.2) is 59.4 Å². The van der Waals surface area contributed by atoms with Gasteiger partial charge in [0.2, 0.25) is 11.8 Å². The van der Waals surface area contributed by atoms with Crippen molar-refractivity contribution in [2.45, 2.75) is 31.3 Å². The van der Waals surface area contributed by atoms with Crippen LogP contribution in [0.2, 0.25) is 0 Å². The molecule has 2 atom stereocenters. The Morgan fingerprint density at radius 2 is 1.71 bits per heavy atom. The van der Waals surface area contributed by atoms with E-state index in [9.17, 15) is 0 Å². The minimum atomic E-state index is -0.193. The molecule has 1 aliphatic heterocycles. The molecule has 2 aliphatic rings. The molecule has 2 aromatic heterocycles. The second-order valence-corrected chi connectivity index (χ2v) is 9.26. The summed E-state index contributed by atoms with van der Waals surface area (Å²) in [5, 5.41) is 5.10. The lowest BCUT2D eigenvalue weighted by Crippen LogP contribution is -2.45. The molecule has 2 unspecified atom stereocenters. The number of ether oxygens (including phenoxy) is 1. The molecule has 0 bridgehead atoms. The number of nitrogens with zero attached hydrogens (tertiary/aromatic N) is 5. The maximum absolute atomic E-state index is 6.12. The van der Waals surface area contributed by atoms with Gasteiger partial charge in [0, 0.05) is 50.3 Å². The van der Waals surface area contributed by atoms with Gasteiger partial charge < -0.3 is 20.6 Å². The molecule has 182 valence electrons. The number of anilines is 2. The Hall–Kier alpha value is -3.56. The van der Waals surface area contributed by atoms with Crippen LogP contribution in [0.1, 0.15) is 30.9 Å². The third kappa shape index (κ3) is 4.69. The molecule has 1 fully saturated rings. The van der Waals surface area contributed by atoms with Crippen LogP contribution in [0.5, 0.6) is 0 Å². The second-order valence-electron chi connectivity index (χ2n) is 9.26. The molecule has 3 N–H and O–H groups in total. The van der Waals surface area contributed by atoms with Gasteiger partial charge in [-0.15, -0.1) is 5.06 Å². The van der Waals surface area contributed by atoms with Crippen molar-refractivity contribution in [3.05, 3.63) is 66.1 Å². The number of nitrogen functional groups attached to an aromatic ring is 1. The van der Waals surface area contributed by atoms with E-state index in [-0.39, 0.29) is 17.5 Å². The van der Waals surface area contributed by atoms with E-state index in [0.29, 0.717) is 25.0 Å². The summed E-state index contributed by atoms with van der Waals surface area (Å²) in [5.41, 5.74) is 9.52. The number of aliphatic imine (C=N–C) groups is 1. The number of methoxy groups -OCH3 is 1. The summed E-state index contributed by atoms with van der Waals surface area (Å²) in [4.78, 5) is 23.9. The lowest BCUT2D eigenvalue weighted by molar-refractivity contribution is -0.0810. The van der Waals surface area contributed by atoms with Crippen molar-refractivity contribution >= 4 is 17.7 Å². The molecule has 1 aliphatic carbocycles. The van der Waals surface area contributed by atoms with Gasteiger partial charge in [-0.2, -0.15) is 0 Å². The van der Waals surface area contributed by atoms with E-state index >= 15 is 0 Å². The van der Waals surface area contributed by atoms with Crippen LogP contribution < -0.4 is 11.1 Å². The van der Waals surface area contributed by atoms with Gasteiger partial charge in [-0.3, -0.25) is 0 Å². The summed E-state index contributed by atoms with van der Waals surface area (Å²) in [7, 11) is 3.63. The summed E-state index contributed by atoms with van der Waals surface area (Å²) >= 11 is 0. The van der Waals surface area contributed by atoms with Crippen molar-refractivity contribution < 1.29 is 9.57 Å². The number of benzene rings is 1. The van der Waals surface area contributed by atoms with E-state index in [1.807, 2.05) is 24.2 Å². The van der Waals surface area contributed by atoms with Gasteiger partial charge in [0.05, 0.1) is 12.2 Å². The van der Waals surface area contributed by atoms with Crippen LogP contribution in [0.3, 0.4) is 0 Å². The number of pyridine rings is 1. The standard InChI is InChI=1S/C26H31N7O2/c1-26(21-9-10-21,20-7-4-17(5-8-20)19-15-30-25(27)31-16-19)24-32-23(35-33(24)2)18-6-11-22(29-14-18)28-12-13-34-3/h4-8,11,14-16,21,24H,9-10,12-13H2,1-3H3,(H,28,29)(H2,27,30,31). The fourth-order valence-electron chi connectivity index (χ4n) is 4.73. The van der Waals surface area contributed by atoms with E-state index in [2.05, 4.69) is 51.5 Å². The van der Waals surface area contributed by atoms with E-state index in [4.69, 9.17) is 20.3 Å². The number of aromatic nitrogens is 3. The first-order valence-electron chi connectivity index (χ1n) is 11.9. The summed E-state index contributed by atoms with van der Waals surface area (Å²) in [6.45, 7) is 3.62. The van der Waals surface area contributed by atoms with E-state index in [0.717, 1.165) is 22.5 Å². The Morgan fingerprint density at radius 3 is 2.34 bits per heavy atom. The number of hydroxylamine groups is 2. The molecule has 9 nitrogen and oxygen atoms in total. The fourth-order valence-corrected chi connectivity index (χ4v) is 4.73. The van der Waals surface area contributed by atoms with Crippen LogP contribution in [0.4, 0.5) is 11.8 Å². The average molecular weight is 474 g/mol. The number of nitrogens with two attached hydrogens (primary N) is 1. The highest BCUT2D eigenvalue weighted by molar-refractivity contribution is 5.94. The number of hydrogen-bond acceptors (Lipinski definition) is 9. The van der Waals surface area contributed by atoms with Crippen LogP contribution in [0.15, 0.2) is 60.0 Å². The van der Waals surface area contributed by atoms with Crippen molar-refractivity contribution in [1.29, 1.82) is 0 Å². The first-order valence-corrected chi connectivity index (χ1v) is 11.9. The number of nitrogens with one attached hydrogen (secondary N) is 1. The van der Waals surface area contributed by atoms with Crippen molar-refractivity contribution in [2.24, 2.45) is 10.9 Å². The van der Waals surface area contributed by atoms with Crippen molar-refractivity contribution in [3.63, 3.8) is 0 Å². The van der Waals surface area contributed by atoms with Crippen LogP contribution in [0.25, 0.3) is 11.1 Å². The molecule has 0 spiro atoms. The highest BCUT2D eigenvalue weighted by atomic mass is 16.7. The lowest BCUT2D eigenvalue weighted by Gasteiger charge is -2.36. The maximum Gasteiger partial charge on any atom is 0.244 e. The molecule has 1 aromatic carbocycles. The van der Waals surface area contributed by atoms with Crippen molar-refractivity contribution in [2.75, 3.05) is 38.4 Å². The number of rotatable bonds is 9. The van der Waals surface area contributed by atoms with Gasteiger partial charge in [-0.25, -0.2) is 19.9 Å². The minimum Gasteiger partial charge on any atom is -0.383 e. The highest BCUT2D eigenvalue weighted by Crippen LogP contribution is 2.51. The maximum atomic E-state index is 6.12. The van der Waals surface area contributed by atoms with Crippen molar-refractivity contribution in [3.8, 4) is 11.1 Å². The largest absolute Gasteiger partial charge is 0.383 e. The molecule has 0 radical (unpaired) electrons. The molecular weight excluding hydrogens is 442 g/mol. The Morgan fingerprint density at radius 1 is 1.03 bits per heavy atom. The van der Waals surface area contributed by atoms with Gasteiger partial charge in [0.15, 0.2) is 0 Å². The number of hydrogen-bond donors (Lipinski definition) is 2. The van der Waals surface area contributed by atoms with Gasteiger partial charge in [0.1, 0.15) is 12.0 Å². The zero-order valence-corrected chi connectivity index (χ0v) is 20.3. The molecule has 35 heavy (non-hydrogen) atoms. The average Bonchev–Trinajstić information content (AvgIpc) is 3.67. The topological polar surface area (TPSA) is 111 Å². The first-order chi connectivity index (χ1) is 17.0. The van der Waals surface area contributed by atoms with Crippen LogP contribution >= 0.6 is 0 Å². The lowest BCUT2D eigenvalue weighted by atomic mass is 9.74. The Bertz CT molecular complexity index is 1180. The molecule has 3 heterocycles. The number of likely N-dealkylation sites (N-methyl/N-ethyl adjacent to an activating group) is 1. The molecule has 5 rings (SSSR count). The fraction of sp³-hybridized carbons (Fsp3) is 0.385.